The van der Waals surface area contributed by atoms with Crippen molar-refractivity contribution in [1.82, 2.24) is 4.90 Å². The molecule has 1 heterocycles. The van der Waals surface area contributed by atoms with E-state index in [1.54, 1.807) is 0 Å². The molecule has 0 spiro atoms. The zero-order valence-electron chi connectivity index (χ0n) is 12.0. The van der Waals surface area contributed by atoms with Gasteiger partial charge in [0.15, 0.2) is 0 Å². The van der Waals surface area contributed by atoms with Gasteiger partial charge >= 0.3 is 0 Å². The summed E-state index contributed by atoms with van der Waals surface area (Å²) in [5, 5.41) is 0. The lowest BCUT2D eigenvalue weighted by Crippen LogP contribution is -2.35. The summed E-state index contributed by atoms with van der Waals surface area (Å²) in [6, 6.07) is 8.25. The number of ether oxygens (including phenoxy) is 1. The first-order chi connectivity index (χ1) is 9.29. The van der Waals surface area contributed by atoms with Gasteiger partial charge in [-0.3, -0.25) is 4.90 Å². The van der Waals surface area contributed by atoms with Crippen molar-refractivity contribution in [3.8, 4) is 5.75 Å². The Balaban J connectivity index is 1.77. The highest BCUT2D eigenvalue weighted by atomic mass is 16.5. The molecule has 19 heavy (non-hydrogen) atoms. The van der Waals surface area contributed by atoms with Crippen molar-refractivity contribution in [1.29, 1.82) is 0 Å². The number of para-hydroxylation sites is 1. The van der Waals surface area contributed by atoms with Crippen LogP contribution in [0, 0.1) is 5.92 Å². The number of nitrogens with zero attached hydrogens (tertiary/aromatic N) is 1. The van der Waals surface area contributed by atoms with E-state index in [9.17, 15) is 0 Å². The Kier molecular flexibility index (Phi) is 5.46. The zero-order chi connectivity index (χ0) is 13.5. The molecule has 1 saturated heterocycles. The van der Waals surface area contributed by atoms with Crippen molar-refractivity contribution in [3.63, 3.8) is 0 Å². The van der Waals surface area contributed by atoms with Crippen LogP contribution in [-0.4, -0.2) is 31.1 Å². The first kappa shape index (κ1) is 14.1. The molecule has 2 nitrogen and oxygen atoms in total. The molecule has 104 valence electrons. The van der Waals surface area contributed by atoms with E-state index < -0.39 is 0 Å². The van der Waals surface area contributed by atoms with Gasteiger partial charge < -0.3 is 4.74 Å². The van der Waals surface area contributed by atoms with E-state index in [0.717, 1.165) is 31.2 Å². The Morgan fingerprint density at radius 3 is 2.79 bits per heavy atom. The summed E-state index contributed by atoms with van der Waals surface area (Å²) in [5.41, 5.74) is 1.23. The van der Waals surface area contributed by atoms with Gasteiger partial charge in [-0.1, -0.05) is 31.2 Å². The number of hydrogen-bond donors (Lipinski definition) is 0. The van der Waals surface area contributed by atoms with Crippen LogP contribution >= 0.6 is 0 Å². The minimum absolute atomic E-state index is 0.780. The van der Waals surface area contributed by atoms with Crippen LogP contribution in [0.1, 0.15) is 25.3 Å². The van der Waals surface area contributed by atoms with Crippen LogP contribution in [0.2, 0.25) is 0 Å². The molecular formula is C17H25NO. The molecule has 0 saturated carbocycles. The summed E-state index contributed by atoms with van der Waals surface area (Å²) in [6.07, 6.45) is 5.45. The maximum Gasteiger partial charge on any atom is 0.122 e. The van der Waals surface area contributed by atoms with E-state index >= 15 is 0 Å². The summed E-state index contributed by atoms with van der Waals surface area (Å²) in [6.45, 7) is 10.4. The molecule has 0 atom stereocenters. The van der Waals surface area contributed by atoms with Crippen molar-refractivity contribution in [2.24, 2.45) is 5.92 Å². The number of hydrogen-bond acceptors (Lipinski definition) is 2. The van der Waals surface area contributed by atoms with Gasteiger partial charge in [0.2, 0.25) is 0 Å². The first-order valence-corrected chi connectivity index (χ1v) is 7.33. The highest BCUT2D eigenvalue weighted by Gasteiger charge is 2.15. The monoisotopic (exact) mass is 259 g/mol. The second-order valence-corrected chi connectivity index (χ2v) is 5.47. The van der Waals surface area contributed by atoms with E-state index in [-0.39, 0.29) is 0 Å². The van der Waals surface area contributed by atoms with Crippen LogP contribution in [0.3, 0.4) is 0 Å². The molecule has 0 radical (unpaired) electrons. The second-order valence-electron chi connectivity index (χ2n) is 5.47. The molecule has 2 heteroatoms. The van der Waals surface area contributed by atoms with Crippen LogP contribution < -0.4 is 4.74 Å². The Hall–Kier alpha value is -1.28. The number of benzene rings is 1. The fraction of sp³-hybridized carbons (Fsp3) is 0.529. The number of allylic oxidation sites excluding steroid dienone is 1. The minimum atomic E-state index is 0.780. The third-order valence-corrected chi connectivity index (χ3v) is 3.88. The highest BCUT2D eigenvalue weighted by Crippen LogP contribution is 2.19. The van der Waals surface area contributed by atoms with Crippen molar-refractivity contribution < 1.29 is 4.74 Å². The largest absolute Gasteiger partial charge is 0.492 e. The fourth-order valence-electron chi connectivity index (χ4n) is 2.54. The lowest BCUT2D eigenvalue weighted by Gasteiger charge is -2.30. The molecule has 1 aliphatic rings. The van der Waals surface area contributed by atoms with Crippen molar-refractivity contribution in [2.45, 2.75) is 26.2 Å². The Morgan fingerprint density at radius 2 is 2.05 bits per heavy atom. The van der Waals surface area contributed by atoms with Gasteiger partial charge in [-0.15, -0.1) is 6.58 Å². The smallest absolute Gasteiger partial charge is 0.122 e. The maximum absolute atomic E-state index is 5.93. The van der Waals surface area contributed by atoms with E-state index in [4.69, 9.17) is 4.74 Å². The summed E-state index contributed by atoms with van der Waals surface area (Å²) >= 11 is 0. The predicted molar refractivity (Wildman–Crippen MR) is 80.7 cm³/mol. The third-order valence-electron chi connectivity index (χ3n) is 3.88. The SMILES string of the molecule is C=CCc1ccccc1OCCN1CCC(C)CC1. The van der Waals surface area contributed by atoms with Crippen LogP contribution in [0.15, 0.2) is 36.9 Å². The van der Waals surface area contributed by atoms with Gasteiger partial charge in [0.05, 0.1) is 0 Å². The molecule has 1 aliphatic heterocycles. The lowest BCUT2D eigenvalue weighted by atomic mass is 9.99. The van der Waals surface area contributed by atoms with E-state index in [1.165, 1.54) is 31.5 Å². The van der Waals surface area contributed by atoms with Gasteiger partial charge in [0, 0.05) is 6.54 Å². The summed E-state index contributed by atoms with van der Waals surface area (Å²) < 4.78 is 5.93. The molecule has 0 aliphatic carbocycles. The molecule has 1 aromatic rings. The third kappa shape index (κ3) is 4.39. The molecule has 1 aromatic carbocycles. The average molecular weight is 259 g/mol. The fourth-order valence-corrected chi connectivity index (χ4v) is 2.54. The first-order valence-electron chi connectivity index (χ1n) is 7.33. The molecule has 0 N–H and O–H groups in total. The molecule has 0 amide bonds. The quantitative estimate of drug-likeness (QED) is 0.725. The Labute approximate surface area is 117 Å². The Bertz CT molecular complexity index is 394. The second kappa shape index (κ2) is 7.34. The van der Waals surface area contributed by atoms with Gasteiger partial charge in [0.25, 0.3) is 0 Å². The van der Waals surface area contributed by atoms with E-state index in [2.05, 4.69) is 36.6 Å². The van der Waals surface area contributed by atoms with Crippen LogP contribution in [-0.2, 0) is 6.42 Å². The van der Waals surface area contributed by atoms with Crippen LogP contribution in [0.4, 0.5) is 0 Å². The van der Waals surface area contributed by atoms with Gasteiger partial charge in [-0.05, 0) is 49.9 Å². The number of piperidine rings is 1. The number of likely N-dealkylation sites (tertiary alicyclic amines) is 1. The lowest BCUT2D eigenvalue weighted by molar-refractivity contribution is 0.160. The zero-order valence-corrected chi connectivity index (χ0v) is 12.0. The summed E-state index contributed by atoms with van der Waals surface area (Å²) in [4.78, 5) is 2.51. The topological polar surface area (TPSA) is 12.5 Å². The van der Waals surface area contributed by atoms with Gasteiger partial charge in [-0.2, -0.15) is 0 Å². The molecule has 1 fully saturated rings. The van der Waals surface area contributed by atoms with Crippen molar-refractivity contribution in [2.75, 3.05) is 26.2 Å². The molecular weight excluding hydrogens is 234 g/mol. The average Bonchev–Trinajstić information content (AvgIpc) is 2.43. The van der Waals surface area contributed by atoms with E-state index in [0.29, 0.717) is 0 Å². The maximum atomic E-state index is 5.93. The van der Waals surface area contributed by atoms with E-state index in [1.807, 2.05) is 12.1 Å². The van der Waals surface area contributed by atoms with Gasteiger partial charge in [-0.25, -0.2) is 0 Å². The van der Waals surface area contributed by atoms with Crippen LogP contribution in [0.5, 0.6) is 5.75 Å². The molecule has 0 bridgehead atoms. The molecule has 0 aromatic heterocycles. The Morgan fingerprint density at radius 1 is 1.32 bits per heavy atom. The van der Waals surface area contributed by atoms with Crippen molar-refractivity contribution >= 4 is 0 Å². The molecule has 2 rings (SSSR count). The number of rotatable bonds is 6. The van der Waals surface area contributed by atoms with Gasteiger partial charge in [0.1, 0.15) is 12.4 Å². The minimum Gasteiger partial charge on any atom is -0.492 e. The van der Waals surface area contributed by atoms with Crippen LogP contribution in [0.25, 0.3) is 0 Å². The normalized spacial score (nSPS) is 17.3. The molecule has 0 unspecified atom stereocenters. The van der Waals surface area contributed by atoms with Crippen molar-refractivity contribution in [3.05, 3.63) is 42.5 Å². The standard InChI is InChI=1S/C17H25NO/c1-3-6-16-7-4-5-8-17(16)19-14-13-18-11-9-15(2)10-12-18/h3-5,7-8,15H,1,6,9-14H2,2H3. The highest BCUT2D eigenvalue weighted by molar-refractivity contribution is 5.34. The predicted octanol–water partition coefficient (Wildman–Crippen LogP) is 3.53. The summed E-state index contributed by atoms with van der Waals surface area (Å²) in [7, 11) is 0. The summed E-state index contributed by atoms with van der Waals surface area (Å²) in [5.74, 6) is 1.90.